The first-order chi connectivity index (χ1) is 11.7. The van der Waals surface area contributed by atoms with Gasteiger partial charge < -0.3 is 16.0 Å². The summed E-state index contributed by atoms with van der Waals surface area (Å²) in [7, 11) is 0. The Morgan fingerprint density at radius 1 is 1.28 bits per heavy atom. The van der Waals surface area contributed by atoms with Crippen LogP contribution in [-0.4, -0.2) is 65.9 Å². The number of guanidine groups is 1. The lowest BCUT2D eigenvalue weighted by Crippen LogP contribution is -2.51. The molecular formula is C17H27IN6O. The molecule has 0 atom stereocenters. The molecular weight excluding hydrogens is 431 g/mol. The van der Waals surface area contributed by atoms with Crippen molar-refractivity contribution in [3.63, 3.8) is 0 Å². The molecule has 3 N–H and O–H groups in total. The first-order valence-corrected chi connectivity index (χ1v) is 8.71. The summed E-state index contributed by atoms with van der Waals surface area (Å²) in [6.07, 6.45) is 5.08. The number of pyridine rings is 1. The number of nitrogens with one attached hydrogen (secondary N) is 1. The number of hydrogen-bond acceptors (Lipinski definition) is 4. The molecule has 0 unspecified atom stereocenters. The van der Waals surface area contributed by atoms with Crippen LogP contribution in [0.15, 0.2) is 29.4 Å². The lowest BCUT2D eigenvalue weighted by molar-refractivity contribution is -0.139. The molecule has 1 aromatic rings. The van der Waals surface area contributed by atoms with Crippen LogP contribution in [0.25, 0.3) is 0 Å². The van der Waals surface area contributed by atoms with Gasteiger partial charge in [0.05, 0.1) is 6.54 Å². The van der Waals surface area contributed by atoms with Gasteiger partial charge in [0.15, 0.2) is 5.96 Å². The number of nitrogens with zero attached hydrogens (tertiary/aromatic N) is 4. The Labute approximate surface area is 166 Å². The van der Waals surface area contributed by atoms with Crippen molar-refractivity contribution in [2.45, 2.75) is 19.3 Å². The molecule has 2 aliphatic rings. The molecule has 1 amide bonds. The van der Waals surface area contributed by atoms with E-state index in [1.807, 2.05) is 23.1 Å². The lowest BCUT2D eigenvalue weighted by atomic mass is 9.84. The van der Waals surface area contributed by atoms with E-state index in [0.717, 1.165) is 45.6 Å². The summed E-state index contributed by atoms with van der Waals surface area (Å²) in [4.78, 5) is 25.1. The molecule has 8 heteroatoms. The van der Waals surface area contributed by atoms with Gasteiger partial charge in [0.1, 0.15) is 5.82 Å². The van der Waals surface area contributed by atoms with Crippen LogP contribution in [0.4, 0.5) is 5.82 Å². The summed E-state index contributed by atoms with van der Waals surface area (Å²) in [5.41, 5.74) is 5.87. The smallest absolute Gasteiger partial charge is 0.225 e. The molecule has 1 saturated heterocycles. The Morgan fingerprint density at radius 3 is 2.64 bits per heavy atom. The maximum absolute atomic E-state index is 12.2. The second-order valence-electron chi connectivity index (χ2n) is 6.40. The van der Waals surface area contributed by atoms with Gasteiger partial charge in [0, 0.05) is 44.8 Å². The van der Waals surface area contributed by atoms with Gasteiger partial charge in [-0.05, 0) is 25.0 Å². The van der Waals surface area contributed by atoms with Crippen molar-refractivity contribution >= 4 is 41.7 Å². The predicted octanol–water partition coefficient (Wildman–Crippen LogP) is 1.37. The van der Waals surface area contributed by atoms with Crippen molar-refractivity contribution in [1.29, 1.82) is 0 Å². The van der Waals surface area contributed by atoms with Gasteiger partial charge in [-0.15, -0.1) is 24.0 Å². The van der Waals surface area contributed by atoms with Gasteiger partial charge in [0.25, 0.3) is 0 Å². The molecule has 25 heavy (non-hydrogen) atoms. The highest BCUT2D eigenvalue weighted by atomic mass is 127. The zero-order valence-corrected chi connectivity index (χ0v) is 16.8. The monoisotopic (exact) mass is 458 g/mol. The van der Waals surface area contributed by atoms with E-state index in [4.69, 9.17) is 5.73 Å². The highest BCUT2D eigenvalue weighted by molar-refractivity contribution is 14.0. The maximum Gasteiger partial charge on any atom is 0.225 e. The van der Waals surface area contributed by atoms with Crippen LogP contribution in [0, 0.1) is 5.92 Å². The minimum Gasteiger partial charge on any atom is -0.370 e. The van der Waals surface area contributed by atoms with E-state index in [9.17, 15) is 4.79 Å². The van der Waals surface area contributed by atoms with Crippen LogP contribution >= 0.6 is 24.0 Å². The van der Waals surface area contributed by atoms with Crippen molar-refractivity contribution in [1.82, 2.24) is 14.8 Å². The Kier molecular flexibility index (Phi) is 7.89. The normalized spacial score (nSPS) is 19.0. The summed E-state index contributed by atoms with van der Waals surface area (Å²) in [6, 6.07) is 5.60. The standard InChI is InChI=1S/C17H26N6O.HI/c18-17(21-15-6-1-2-7-19-15)20-8-9-22-10-12-23(13-11-22)16(24)14-4-3-5-14;/h1-2,6-7,14H,3-5,8-13H2,(H3,18,19,20,21);1H. The van der Waals surface area contributed by atoms with E-state index in [-0.39, 0.29) is 24.0 Å². The summed E-state index contributed by atoms with van der Waals surface area (Å²) < 4.78 is 0. The zero-order chi connectivity index (χ0) is 16.8. The Hall–Kier alpha value is -1.42. The number of rotatable bonds is 5. The molecule has 0 radical (unpaired) electrons. The average molecular weight is 458 g/mol. The van der Waals surface area contributed by atoms with E-state index in [1.54, 1.807) is 6.20 Å². The third kappa shape index (κ3) is 5.81. The molecule has 0 spiro atoms. The molecule has 1 aliphatic carbocycles. The van der Waals surface area contributed by atoms with E-state index in [0.29, 0.717) is 30.1 Å². The third-order valence-corrected chi connectivity index (χ3v) is 4.76. The van der Waals surface area contributed by atoms with Crippen molar-refractivity contribution in [3.8, 4) is 0 Å². The molecule has 0 aromatic carbocycles. The second kappa shape index (κ2) is 9.91. The number of hydrogen-bond donors (Lipinski definition) is 2. The zero-order valence-electron chi connectivity index (χ0n) is 14.4. The molecule has 2 heterocycles. The van der Waals surface area contributed by atoms with E-state index < -0.39 is 0 Å². The maximum atomic E-state index is 12.2. The number of carbonyl (C=O) groups is 1. The summed E-state index contributed by atoms with van der Waals surface area (Å²) in [5.74, 6) is 1.75. The minimum atomic E-state index is 0. The fourth-order valence-electron chi connectivity index (χ4n) is 3.02. The van der Waals surface area contributed by atoms with Crippen LogP contribution < -0.4 is 11.1 Å². The van der Waals surface area contributed by atoms with E-state index in [2.05, 4.69) is 20.2 Å². The fraction of sp³-hybridized carbons (Fsp3) is 0.588. The first kappa shape index (κ1) is 19.9. The Morgan fingerprint density at radius 2 is 2.04 bits per heavy atom. The number of piperazine rings is 1. The number of anilines is 1. The number of aromatic nitrogens is 1. The molecule has 3 rings (SSSR count). The van der Waals surface area contributed by atoms with E-state index >= 15 is 0 Å². The van der Waals surface area contributed by atoms with Crippen LogP contribution in [-0.2, 0) is 4.79 Å². The number of halogens is 1. The molecule has 1 aromatic heterocycles. The molecule has 1 saturated carbocycles. The highest BCUT2D eigenvalue weighted by Crippen LogP contribution is 2.28. The highest BCUT2D eigenvalue weighted by Gasteiger charge is 2.30. The van der Waals surface area contributed by atoms with Gasteiger partial charge in [-0.2, -0.15) is 0 Å². The largest absolute Gasteiger partial charge is 0.370 e. The Bertz CT molecular complexity index is 570. The van der Waals surface area contributed by atoms with Gasteiger partial charge >= 0.3 is 0 Å². The quantitative estimate of drug-likeness (QED) is 0.396. The molecule has 1 aliphatic heterocycles. The number of aliphatic imine (C=N–C) groups is 1. The summed E-state index contributed by atoms with van der Waals surface area (Å²) in [5, 5.41) is 2.97. The van der Waals surface area contributed by atoms with Crippen LogP contribution in [0.2, 0.25) is 0 Å². The van der Waals surface area contributed by atoms with Gasteiger partial charge in [-0.25, -0.2) is 4.98 Å². The van der Waals surface area contributed by atoms with Crippen LogP contribution in [0.1, 0.15) is 19.3 Å². The number of amides is 1. The van der Waals surface area contributed by atoms with Gasteiger partial charge in [-0.3, -0.25) is 14.7 Å². The summed E-state index contributed by atoms with van der Waals surface area (Å²) in [6.45, 7) is 5.00. The number of nitrogens with two attached hydrogens (primary N) is 1. The molecule has 7 nitrogen and oxygen atoms in total. The topological polar surface area (TPSA) is 86.8 Å². The summed E-state index contributed by atoms with van der Waals surface area (Å²) >= 11 is 0. The van der Waals surface area contributed by atoms with Gasteiger partial charge in [0.2, 0.25) is 5.91 Å². The molecule has 2 fully saturated rings. The van der Waals surface area contributed by atoms with Crippen LogP contribution in [0.5, 0.6) is 0 Å². The minimum absolute atomic E-state index is 0. The Balaban J connectivity index is 0.00000225. The molecule has 0 bridgehead atoms. The van der Waals surface area contributed by atoms with E-state index in [1.165, 1.54) is 6.42 Å². The van der Waals surface area contributed by atoms with Crippen molar-refractivity contribution in [3.05, 3.63) is 24.4 Å². The van der Waals surface area contributed by atoms with Crippen LogP contribution in [0.3, 0.4) is 0 Å². The van der Waals surface area contributed by atoms with Gasteiger partial charge in [-0.1, -0.05) is 12.5 Å². The molecule has 138 valence electrons. The SMILES string of the molecule is I.NC(=NCCN1CCN(C(=O)C2CCC2)CC1)Nc1ccccn1. The first-order valence-electron chi connectivity index (χ1n) is 8.71. The third-order valence-electron chi connectivity index (χ3n) is 4.76. The number of carbonyl (C=O) groups excluding carboxylic acids is 1. The van der Waals surface area contributed by atoms with Crippen molar-refractivity contribution in [2.24, 2.45) is 16.6 Å². The average Bonchev–Trinajstić information content (AvgIpc) is 2.55. The fourth-order valence-corrected chi connectivity index (χ4v) is 3.02. The second-order valence-corrected chi connectivity index (χ2v) is 6.40. The van der Waals surface area contributed by atoms with Crippen molar-refractivity contribution in [2.75, 3.05) is 44.6 Å². The lowest BCUT2D eigenvalue weighted by Gasteiger charge is -2.38. The van der Waals surface area contributed by atoms with Crippen molar-refractivity contribution < 1.29 is 4.79 Å². The predicted molar refractivity (Wildman–Crippen MR) is 110 cm³/mol.